The second-order valence-corrected chi connectivity index (χ2v) is 9.17. The largest absolute Gasteiger partial charge is 0.335 e. The number of aromatic nitrogens is 2. The van der Waals surface area contributed by atoms with Crippen LogP contribution in [0.2, 0.25) is 0 Å². The molecule has 5 rings (SSSR count). The van der Waals surface area contributed by atoms with Gasteiger partial charge in [0.05, 0.1) is 5.52 Å². The maximum absolute atomic E-state index is 13.1. The summed E-state index contributed by atoms with van der Waals surface area (Å²) in [7, 11) is 2.09. The monoisotopic (exact) mass is 420 g/mol. The highest BCUT2D eigenvalue weighted by Gasteiger charge is 2.24. The van der Waals surface area contributed by atoms with Gasteiger partial charge in [0, 0.05) is 56.8 Å². The third-order valence-electron chi connectivity index (χ3n) is 6.82. The van der Waals surface area contributed by atoms with Gasteiger partial charge in [0.25, 0.3) is 5.91 Å². The van der Waals surface area contributed by atoms with E-state index in [-0.39, 0.29) is 5.91 Å². The molecule has 4 heterocycles. The van der Waals surface area contributed by atoms with Crippen LogP contribution in [-0.4, -0.2) is 96.4 Å². The van der Waals surface area contributed by atoms with E-state index in [1.54, 1.807) is 0 Å². The maximum Gasteiger partial charge on any atom is 0.275 e. The highest BCUT2D eigenvalue weighted by atomic mass is 16.2. The molecule has 3 aliphatic heterocycles. The first kappa shape index (κ1) is 20.4. The Hall–Kier alpha value is -2.51. The lowest BCUT2D eigenvalue weighted by Crippen LogP contribution is -2.47. The van der Waals surface area contributed by atoms with Gasteiger partial charge in [-0.15, -0.1) is 0 Å². The van der Waals surface area contributed by atoms with Crippen LogP contribution in [0.15, 0.2) is 29.3 Å². The van der Waals surface area contributed by atoms with E-state index in [1.807, 2.05) is 17.2 Å². The van der Waals surface area contributed by atoms with E-state index in [4.69, 9.17) is 0 Å². The molecule has 1 aromatic heterocycles. The van der Waals surface area contributed by atoms with Crippen molar-refractivity contribution in [2.24, 2.45) is 10.9 Å². The number of rotatable bonds is 4. The highest BCUT2D eigenvalue weighted by molar-refractivity contribution is 6.12. The number of H-pyrrole nitrogens is 1. The number of benzene rings is 1. The first-order chi connectivity index (χ1) is 15.2. The van der Waals surface area contributed by atoms with Crippen LogP contribution in [0.25, 0.3) is 16.5 Å². The molecule has 0 aliphatic carbocycles. The molecule has 164 valence electrons. The molecule has 2 aromatic rings. The van der Waals surface area contributed by atoms with E-state index in [1.165, 1.54) is 32.4 Å². The predicted octanol–water partition coefficient (Wildman–Crippen LogP) is 2.52. The average Bonchev–Trinajstić information content (AvgIpc) is 3.23. The van der Waals surface area contributed by atoms with Crippen LogP contribution in [0.4, 0.5) is 0 Å². The van der Waals surface area contributed by atoms with Crippen LogP contribution < -0.4 is 0 Å². The van der Waals surface area contributed by atoms with Gasteiger partial charge in [-0.25, -0.2) is 0 Å². The predicted molar refractivity (Wildman–Crippen MR) is 125 cm³/mol. The molecule has 2 saturated heterocycles. The Balaban J connectivity index is 1.37. The van der Waals surface area contributed by atoms with Gasteiger partial charge in [0.2, 0.25) is 0 Å². The van der Waals surface area contributed by atoms with Crippen molar-refractivity contribution in [3.8, 4) is 0 Å². The normalized spacial score (nSPS) is 23.3. The van der Waals surface area contributed by atoms with Gasteiger partial charge < -0.3 is 14.7 Å². The molecule has 0 spiro atoms. The summed E-state index contributed by atoms with van der Waals surface area (Å²) >= 11 is 0. The quantitative estimate of drug-likeness (QED) is 0.825. The summed E-state index contributed by atoms with van der Waals surface area (Å²) in [5.74, 6) is 0.468. The van der Waals surface area contributed by atoms with Crippen molar-refractivity contribution in [2.45, 2.75) is 19.3 Å². The van der Waals surface area contributed by atoms with Crippen LogP contribution >= 0.6 is 0 Å². The molecule has 3 aliphatic rings. The highest BCUT2D eigenvalue weighted by Crippen LogP contribution is 2.26. The molecule has 1 aromatic carbocycles. The van der Waals surface area contributed by atoms with E-state index in [2.05, 4.69) is 50.2 Å². The second-order valence-electron chi connectivity index (χ2n) is 9.17. The number of piperidine rings is 1. The number of aliphatic imine (C=N–C) groups is 1. The molecule has 0 radical (unpaired) electrons. The number of carbonyl (C=O) groups excluding carboxylic acids is 1. The van der Waals surface area contributed by atoms with E-state index >= 15 is 0 Å². The van der Waals surface area contributed by atoms with Gasteiger partial charge in [-0.3, -0.25) is 14.9 Å². The lowest BCUT2D eigenvalue weighted by molar-refractivity contribution is 0.0660. The van der Waals surface area contributed by atoms with Crippen molar-refractivity contribution in [3.63, 3.8) is 0 Å². The molecule has 7 nitrogen and oxygen atoms in total. The Morgan fingerprint density at radius 1 is 1.10 bits per heavy atom. The number of amides is 1. The van der Waals surface area contributed by atoms with Crippen LogP contribution in [0.5, 0.6) is 0 Å². The van der Waals surface area contributed by atoms with Crippen molar-refractivity contribution in [1.29, 1.82) is 0 Å². The SMILES string of the molecule is CN1CCN(C(=O)c2n[nH]c3ccc(C4=CC(CN5CCCCC5)CN=C4)cc23)CC1. The first-order valence-electron chi connectivity index (χ1n) is 11.6. The summed E-state index contributed by atoms with van der Waals surface area (Å²) in [4.78, 5) is 24.5. The topological polar surface area (TPSA) is 67.8 Å². The zero-order valence-electron chi connectivity index (χ0n) is 18.4. The maximum atomic E-state index is 13.1. The van der Waals surface area contributed by atoms with Gasteiger partial charge in [0.1, 0.15) is 0 Å². The Bertz CT molecular complexity index is 995. The number of aromatic amines is 1. The summed E-state index contributed by atoms with van der Waals surface area (Å²) in [5, 5.41) is 8.32. The van der Waals surface area contributed by atoms with Crippen molar-refractivity contribution in [2.75, 3.05) is 59.4 Å². The summed E-state index contributed by atoms with van der Waals surface area (Å²) in [6.45, 7) is 7.67. The third kappa shape index (κ3) is 4.43. The number of allylic oxidation sites excluding steroid dienone is 1. The molecule has 0 saturated carbocycles. The molecule has 0 bridgehead atoms. The average molecular weight is 421 g/mol. The Labute approximate surface area is 183 Å². The number of dihydropyridines is 1. The van der Waals surface area contributed by atoms with E-state index in [0.717, 1.165) is 61.3 Å². The Morgan fingerprint density at radius 3 is 2.71 bits per heavy atom. The minimum absolute atomic E-state index is 0.0192. The summed E-state index contributed by atoms with van der Waals surface area (Å²) in [6, 6.07) is 6.23. The van der Waals surface area contributed by atoms with Crippen molar-refractivity contribution < 1.29 is 4.79 Å². The smallest absolute Gasteiger partial charge is 0.275 e. The van der Waals surface area contributed by atoms with Crippen LogP contribution in [0, 0.1) is 5.92 Å². The van der Waals surface area contributed by atoms with Gasteiger partial charge in [-0.1, -0.05) is 18.6 Å². The van der Waals surface area contributed by atoms with Crippen LogP contribution in [0.1, 0.15) is 35.3 Å². The molecule has 1 unspecified atom stereocenters. The number of likely N-dealkylation sites (tertiary alicyclic amines) is 1. The summed E-state index contributed by atoms with van der Waals surface area (Å²) in [5.41, 5.74) is 3.68. The fourth-order valence-electron chi connectivity index (χ4n) is 4.91. The lowest BCUT2D eigenvalue weighted by Gasteiger charge is -2.32. The van der Waals surface area contributed by atoms with E-state index < -0.39 is 0 Å². The molecule has 2 fully saturated rings. The van der Waals surface area contributed by atoms with Gasteiger partial charge in [-0.2, -0.15) is 5.10 Å². The molecule has 1 N–H and O–H groups in total. The number of nitrogens with one attached hydrogen (secondary N) is 1. The van der Waals surface area contributed by atoms with Gasteiger partial charge in [-0.05, 0) is 56.2 Å². The standard InChI is InChI=1S/C24H32N6O/c1-28-9-11-30(12-10-28)24(31)23-21-14-19(5-6-22(21)26-27-23)20-13-18(15-25-16-20)17-29-7-3-2-4-8-29/h5-6,13-14,16,18H,2-4,7-12,15,17H2,1H3,(H,26,27). The van der Waals surface area contributed by atoms with E-state index in [0.29, 0.717) is 11.6 Å². The van der Waals surface area contributed by atoms with Gasteiger partial charge >= 0.3 is 0 Å². The molecule has 7 heteroatoms. The first-order valence-corrected chi connectivity index (χ1v) is 11.6. The number of hydrogen-bond donors (Lipinski definition) is 1. The summed E-state index contributed by atoms with van der Waals surface area (Å²) < 4.78 is 0. The van der Waals surface area contributed by atoms with Crippen molar-refractivity contribution in [1.82, 2.24) is 24.9 Å². The molecule has 1 atom stereocenters. The Kier molecular flexibility index (Phi) is 5.87. The number of fused-ring (bicyclic) bond motifs is 1. The number of hydrogen-bond acceptors (Lipinski definition) is 5. The van der Waals surface area contributed by atoms with Crippen molar-refractivity contribution in [3.05, 3.63) is 35.5 Å². The zero-order chi connectivity index (χ0) is 21.2. The van der Waals surface area contributed by atoms with E-state index in [9.17, 15) is 4.79 Å². The van der Waals surface area contributed by atoms with Gasteiger partial charge in [0.15, 0.2) is 5.69 Å². The third-order valence-corrected chi connectivity index (χ3v) is 6.82. The summed E-state index contributed by atoms with van der Waals surface area (Å²) in [6.07, 6.45) is 8.34. The number of nitrogens with zero attached hydrogens (tertiary/aromatic N) is 5. The van der Waals surface area contributed by atoms with Crippen LogP contribution in [0.3, 0.4) is 0 Å². The fraction of sp³-hybridized carbons (Fsp3) is 0.542. The molecular formula is C24H32N6O. The minimum atomic E-state index is 0.0192. The molecular weight excluding hydrogens is 388 g/mol. The van der Waals surface area contributed by atoms with Crippen molar-refractivity contribution >= 4 is 28.6 Å². The number of piperazine rings is 1. The fourth-order valence-corrected chi connectivity index (χ4v) is 4.91. The zero-order valence-corrected chi connectivity index (χ0v) is 18.4. The Morgan fingerprint density at radius 2 is 1.90 bits per heavy atom. The molecule has 31 heavy (non-hydrogen) atoms. The number of carbonyl (C=O) groups is 1. The lowest BCUT2D eigenvalue weighted by atomic mass is 9.96. The second kappa shape index (κ2) is 8.93. The number of likely N-dealkylation sites (N-methyl/N-ethyl adjacent to an activating group) is 1. The molecule has 1 amide bonds. The minimum Gasteiger partial charge on any atom is -0.335 e. The van der Waals surface area contributed by atoms with Crippen LogP contribution in [-0.2, 0) is 0 Å².